The maximum absolute atomic E-state index is 9.12. The first-order valence-corrected chi connectivity index (χ1v) is 8.04. The van der Waals surface area contributed by atoms with Gasteiger partial charge in [0.05, 0.1) is 18.4 Å². The van der Waals surface area contributed by atoms with Crippen molar-refractivity contribution in [2.24, 2.45) is 5.92 Å². The van der Waals surface area contributed by atoms with Crippen LogP contribution in [-0.4, -0.2) is 22.8 Å². The Kier molecular flexibility index (Phi) is 4.98. The SMILES string of the molecule is CC(C)(C)c1csc(COC2CCC(CO)CC2)n1. The van der Waals surface area contributed by atoms with Crippen molar-refractivity contribution in [1.82, 2.24) is 4.98 Å². The molecule has 0 radical (unpaired) electrons. The Balaban J connectivity index is 1.78. The summed E-state index contributed by atoms with van der Waals surface area (Å²) in [4.78, 5) is 4.65. The standard InChI is InChI=1S/C15H25NO2S/c1-15(2,3)13-10-19-14(16-13)9-18-12-6-4-11(8-17)5-7-12/h10-12,17H,4-9H2,1-3H3. The third-order valence-corrected chi connectivity index (χ3v) is 4.64. The predicted octanol–water partition coefficient (Wildman–Crippen LogP) is 3.51. The number of hydrogen-bond acceptors (Lipinski definition) is 4. The van der Waals surface area contributed by atoms with E-state index in [9.17, 15) is 0 Å². The Morgan fingerprint density at radius 1 is 1.32 bits per heavy atom. The van der Waals surface area contributed by atoms with Crippen molar-refractivity contribution in [3.8, 4) is 0 Å². The maximum Gasteiger partial charge on any atom is 0.119 e. The average Bonchev–Trinajstić information content (AvgIpc) is 2.86. The van der Waals surface area contributed by atoms with E-state index >= 15 is 0 Å². The first-order chi connectivity index (χ1) is 8.99. The van der Waals surface area contributed by atoms with Crippen LogP contribution in [0.15, 0.2) is 5.38 Å². The number of ether oxygens (including phenoxy) is 1. The lowest BCUT2D eigenvalue weighted by Crippen LogP contribution is -2.23. The van der Waals surface area contributed by atoms with Crippen LogP contribution >= 0.6 is 11.3 Å². The fourth-order valence-corrected chi connectivity index (χ4v) is 3.33. The molecule has 1 aromatic heterocycles. The molecule has 4 heteroatoms. The van der Waals surface area contributed by atoms with Crippen LogP contribution in [-0.2, 0) is 16.8 Å². The highest BCUT2D eigenvalue weighted by Crippen LogP contribution is 2.28. The third kappa shape index (κ3) is 4.26. The van der Waals surface area contributed by atoms with Gasteiger partial charge in [-0.25, -0.2) is 4.98 Å². The van der Waals surface area contributed by atoms with Crippen molar-refractivity contribution < 1.29 is 9.84 Å². The van der Waals surface area contributed by atoms with Crippen molar-refractivity contribution in [3.05, 3.63) is 16.1 Å². The molecule has 0 unspecified atom stereocenters. The zero-order valence-corrected chi connectivity index (χ0v) is 13.0. The minimum Gasteiger partial charge on any atom is -0.396 e. The fraction of sp³-hybridized carbons (Fsp3) is 0.800. The molecule has 0 amide bonds. The summed E-state index contributed by atoms with van der Waals surface area (Å²) in [7, 11) is 0. The first-order valence-electron chi connectivity index (χ1n) is 7.16. The van der Waals surface area contributed by atoms with Gasteiger partial charge in [-0.05, 0) is 31.6 Å². The maximum atomic E-state index is 9.12. The largest absolute Gasteiger partial charge is 0.396 e. The number of aromatic nitrogens is 1. The number of nitrogens with zero attached hydrogens (tertiary/aromatic N) is 1. The summed E-state index contributed by atoms with van der Waals surface area (Å²) in [6.07, 6.45) is 4.68. The topological polar surface area (TPSA) is 42.4 Å². The molecule has 1 saturated carbocycles. The molecule has 0 aliphatic heterocycles. The van der Waals surface area contributed by atoms with Crippen LogP contribution < -0.4 is 0 Å². The van der Waals surface area contributed by atoms with Gasteiger partial charge in [0.1, 0.15) is 5.01 Å². The molecule has 108 valence electrons. The van der Waals surface area contributed by atoms with E-state index in [1.165, 1.54) is 0 Å². The molecule has 19 heavy (non-hydrogen) atoms. The second-order valence-electron chi connectivity index (χ2n) is 6.51. The normalized spacial score (nSPS) is 24.6. The summed E-state index contributed by atoms with van der Waals surface area (Å²) >= 11 is 1.69. The number of aliphatic hydroxyl groups is 1. The van der Waals surface area contributed by atoms with Gasteiger partial charge in [-0.2, -0.15) is 0 Å². The molecular formula is C15H25NO2S. The van der Waals surface area contributed by atoms with E-state index in [1.807, 2.05) is 0 Å². The van der Waals surface area contributed by atoms with Crippen molar-refractivity contribution in [2.45, 2.75) is 64.6 Å². The second kappa shape index (κ2) is 6.33. The van der Waals surface area contributed by atoms with E-state index in [2.05, 4.69) is 31.1 Å². The third-order valence-electron chi connectivity index (χ3n) is 3.81. The van der Waals surface area contributed by atoms with E-state index in [-0.39, 0.29) is 5.41 Å². The summed E-state index contributed by atoms with van der Waals surface area (Å²) in [6.45, 7) is 7.51. The highest BCUT2D eigenvalue weighted by Gasteiger charge is 2.22. The van der Waals surface area contributed by atoms with Crippen LogP contribution in [0.5, 0.6) is 0 Å². The molecule has 1 fully saturated rings. The van der Waals surface area contributed by atoms with Crippen LogP contribution in [0.25, 0.3) is 0 Å². The Morgan fingerprint density at radius 2 is 2.00 bits per heavy atom. The molecule has 0 spiro atoms. The van der Waals surface area contributed by atoms with E-state index < -0.39 is 0 Å². The van der Waals surface area contributed by atoms with Gasteiger partial charge >= 0.3 is 0 Å². The number of thiazole rings is 1. The lowest BCUT2D eigenvalue weighted by Gasteiger charge is -2.27. The number of aliphatic hydroxyl groups excluding tert-OH is 1. The molecule has 2 rings (SSSR count). The number of hydrogen-bond donors (Lipinski definition) is 1. The van der Waals surface area contributed by atoms with Gasteiger partial charge in [-0.3, -0.25) is 0 Å². The molecule has 0 aromatic carbocycles. The Bertz CT molecular complexity index is 389. The van der Waals surface area contributed by atoms with Gasteiger partial charge in [0.2, 0.25) is 0 Å². The van der Waals surface area contributed by atoms with Gasteiger partial charge in [-0.1, -0.05) is 20.8 Å². The van der Waals surface area contributed by atoms with Crippen molar-refractivity contribution in [2.75, 3.05) is 6.61 Å². The summed E-state index contributed by atoms with van der Waals surface area (Å²) in [6, 6.07) is 0. The highest BCUT2D eigenvalue weighted by molar-refractivity contribution is 7.09. The van der Waals surface area contributed by atoms with E-state index in [0.717, 1.165) is 36.4 Å². The second-order valence-corrected chi connectivity index (χ2v) is 7.46. The van der Waals surface area contributed by atoms with E-state index in [4.69, 9.17) is 9.84 Å². The Morgan fingerprint density at radius 3 is 2.53 bits per heavy atom. The smallest absolute Gasteiger partial charge is 0.119 e. The molecule has 0 saturated heterocycles. The van der Waals surface area contributed by atoms with Crippen LogP contribution in [0.2, 0.25) is 0 Å². The van der Waals surface area contributed by atoms with Gasteiger partial charge in [0, 0.05) is 17.4 Å². The molecule has 0 bridgehead atoms. The van der Waals surface area contributed by atoms with Crippen LogP contribution in [0.1, 0.15) is 57.2 Å². The summed E-state index contributed by atoms with van der Waals surface area (Å²) in [5, 5.41) is 12.3. The Labute approximate surface area is 120 Å². The molecule has 3 nitrogen and oxygen atoms in total. The van der Waals surface area contributed by atoms with Gasteiger partial charge in [0.15, 0.2) is 0 Å². The monoisotopic (exact) mass is 283 g/mol. The zero-order chi connectivity index (χ0) is 13.9. The van der Waals surface area contributed by atoms with Crippen molar-refractivity contribution in [1.29, 1.82) is 0 Å². The quantitative estimate of drug-likeness (QED) is 0.919. The molecule has 0 atom stereocenters. The molecule has 1 N–H and O–H groups in total. The van der Waals surface area contributed by atoms with Crippen molar-refractivity contribution in [3.63, 3.8) is 0 Å². The minimum atomic E-state index is 0.119. The molecular weight excluding hydrogens is 258 g/mol. The van der Waals surface area contributed by atoms with E-state index in [1.54, 1.807) is 11.3 Å². The molecule has 1 aliphatic rings. The first kappa shape index (κ1) is 14.9. The zero-order valence-electron chi connectivity index (χ0n) is 12.2. The fourth-order valence-electron chi connectivity index (χ4n) is 2.39. The van der Waals surface area contributed by atoms with E-state index in [0.29, 0.717) is 25.2 Å². The summed E-state index contributed by atoms with van der Waals surface area (Å²) < 4.78 is 5.95. The minimum absolute atomic E-state index is 0.119. The molecule has 1 heterocycles. The van der Waals surface area contributed by atoms with Crippen LogP contribution in [0.3, 0.4) is 0 Å². The lowest BCUT2D eigenvalue weighted by atomic mass is 9.88. The summed E-state index contributed by atoms with van der Waals surface area (Å²) in [5.41, 5.74) is 1.27. The number of rotatable bonds is 4. The summed E-state index contributed by atoms with van der Waals surface area (Å²) in [5.74, 6) is 0.493. The van der Waals surface area contributed by atoms with Gasteiger partial charge in [0.25, 0.3) is 0 Å². The lowest BCUT2D eigenvalue weighted by molar-refractivity contribution is 0.00107. The molecule has 1 aromatic rings. The highest BCUT2D eigenvalue weighted by atomic mass is 32.1. The van der Waals surface area contributed by atoms with Gasteiger partial charge < -0.3 is 9.84 Å². The Hall–Kier alpha value is -0.450. The van der Waals surface area contributed by atoms with Crippen molar-refractivity contribution >= 4 is 11.3 Å². The van der Waals surface area contributed by atoms with Gasteiger partial charge in [-0.15, -0.1) is 11.3 Å². The average molecular weight is 283 g/mol. The van der Waals surface area contributed by atoms with Crippen LogP contribution in [0.4, 0.5) is 0 Å². The predicted molar refractivity (Wildman–Crippen MR) is 78.4 cm³/mol. The molecule has 1 aliphatic carbocycles. The van der Waals surface area contributed by atoms with Crippen LogP contribution in [0, 0.1) is 5.92 Å².